The fraction of sp³-hybridized carbons (Fsp3) is 0.150. The van der Waals surface area contributed by atoms with Gasteiger partial charge in [-0.1, -0.05) is 36.4 Å². The number of hydrogen-bond acceptors (Lipinski definition) is 4. The summed E-state index contributed by atoms with van der Waals surface area (Å²) in [6.45, 7) is 5.70. The second kappa shape index (κ2) is 7.49. The van der Waals surface area contributed by atoms with Gasteiger partial charge in [0.05, 0.1) is 5.69 Å². The molecule has 26 heavy (non-hydrogen) atoms. The Balaban J connectivity index is 1.69. The van der Waals surface area contributed by atoms with Crippen LogP contribution in [0, 0.1) is 20.8 Å². The van der Waals surface area contributed by atoms with E-state index in [0.717, 1.165) is 21.7 Å². The maximum Gasteiger partial charge on any atom is 0.281 e. The van der Waals surface area contributed by atoms with E-state index in [-0.39, 0.29) is 11.8 Å². The van der Waals surface area contributed by atoms with E-state index in [0.29, 0.717) is 16.1 Å². The van der Waals surface area contributed by atoms with Crippen molar-refractivity contribution in [1.82, 2.24) is 15.8 Å². The number of hydrogen-bond donors (Lipinski definition) is 2. The predicted octanol–water partition coefficient (Wildman–Crippen LogP) is 3.81. The SMILES string of the molecule is Cc1ccc(C(=O)NNC(=O)c2sc(-c3ccccc3)nc2C)cc1C. The number of aryl methyl sites for hydroxylation is 3. The molecule has 3 aromatic rings. The predicted molar refractivity (Wildman–Crippen MR) is 103 cm³/mol. The van der Waals surface area contributed by atoms with E-state index in [1.54, 1.807) is 19.1 Å². The van der Waals surface area contributed by atoms with Crippen LogP contribution in [0.3, 0.4) is 0 Å². The van der Waals surface area contributed by atoms with E-state index in [2.05, 4.69) is 15.8 Å². The molecule has 2 N–H and O–H groups in total. The van der Waals surface area contributed by atoms with Crippen LogP contribution in [0.4, 0.5) is 0 Å². The Morgan fingerprint density at radius 2 is 1.58 bits per heavy atom. The molecule has 0 fully saturated rings. The summed E-state index contributed by atoms with van der Waals surface area (Å²) >= 11 is 1.30. The molecule has 0 bridgehead atoms. The van der Waals surface area contributed by atoms with E-state index in [1.807, 2.05) is 50.2 Å². The van der Waals surface area contributed by atoms with Gasteiger partial charge in [0.25, 0.3) is 11.8 Å². The Labute approximate surface area is 156 Å². The molecule has 0 saturated carbocycles. The van der Waals surface area contributed by atoms with Crippen LogP contribution in [0.1, 0.15) is 36.9 Å². The van der Waals surface area contributed by atoms with Crippen LogP contribution in [0.25, 0.3) is 10.6 Å². The number of rotatable bonds is 3. The quantitative estimate of drug-likeness (QED) is 0.693. The van der Waals surface area contributed by atoms with Crippen LogP contribution in [-0.4, -0.2) is 16.8 Å². The van der Waals surface area contributed by atoms with E-state index in [4.69, 9.17) is 0 Å². The summed E-state index contributed by atoms with van der Waals surface area (Å²) < 4.78 is 0. The molecule has 6 heteroatoms. The largest absolute Gasteiger partial charge is 0.281 e. The molecule has 1 aromatic heterocycles. The van der Waals surface area contributed by atoms with Gasteiger partial charge in [-0.05, 0) is 44.0 Å². The third-order valence-electron chi connectivity index (χ3n) is 4.08. The summed E-state index contributed by atoms with van der Waals surface area (Å²) in [6.07, 6.45) is 0. The molecular formula is C20H19N3O2S. The van der Waals surface area contributed by atoms with Crippen molar-refractivity contribution in [2.24, 2.45) is 0 Å². The number of nitrogens with zero attached hydrogens (tertiary/aromatic N) is 1. The van der Waals surface area contributed by atoms with Crippen LogP contribution in [0.15, 0.2) is 48.5 Å². The number of nitrogens with one attached hydrogen (secondary N) is 2. The van der Waals surface area contributed by atoms with Crippen molar-refractivity contribution in [1.29, 1.82) is 0 Å². The summed E-state index contributed by atoms with van der Waals surface area (Å²) in [5, 5.41) is 0.772. The van der Waals surface area contributed by atoms with E-state index in [9.17, 15) is 9.59 Å². The van der Waals surface area contributed by atoms with Crippen molar-refractivity contribution in [2.75, 3.05) is 0 Å². The molecule has 0 aliphatic rings. The van der Waals surface area contributed by atoms with Gasteiger partial charge < -0.3 is 0 Å². The summed E-state index contributed by atoms with van der Waals surface area (Å²) in [5.41, 5.74) is 9.15. The highest BCUT2D eigenvalue weighted by Crippen LogP contribution is 2.27. The van der Waals surface area contributed by atoms with Crippen LogP contribution in [0.2, 0.25) is 0 Å². The number of thiazole rings is 1. The normalized spacial score (nSPS) is 10.4. The minimum absolute atomic E-state index is 0.355. The number of benzene rings is 2. The highest BCUT2D eigenvalue weighted by atomic mass is 32.1. The second-order valence-corrected chi connectivity index (χ2v) is 7.01. The van der Waals surface area contributed by atoms with Gasteiger partial charge in [-0.15, -0.1) is 11.3 Å². The molecule has 1 heterocycles. The van der Waals surface area contributed by atoms with Crippen molar-refractivity contribution in [3.63, 3.8) is 0 Å². The van der Waals surface area contributed by atoms with Crippen LogP contribution < -0.4 is 10.9 Å². The molecule has 0 atom stereocenters. The highest BCUT2D eigenvalue weighted by Gasteiger charge is 2.17. The van der Waals surface area contributed by atoms with Crippen molar-refractivity contribution in [2.45, 2.75) is 20.8 Å². The third kappa shape index (κ3) is 3.81. The average Bonchev–Trinajstić information content (AvgIpc) is 3.04. The number of hydrazine groups is 1. The summed E-state index contributed by atoms with van der Waals surface area (Å²) in [4.78, 5) is 29.6. The molecule has 2 aromatic carbocycles. The number of carbonyl (C=O) groups excluding carboxylic acids is 2. The first kappa shape index (κ1) is 17.8. The molecule has 2 amide bonds. The molecular weight excluding hydrogens is 346 g/mol. The number of aromatic nitrogens is 1. The fourth-order valence-corrected chi connectivity index (χ4v) is 3.40. The van der Waals surface area contributed by atoms with Gasteiger partial charge in [-0.25, -0.2) is 4.98 Å². The molecule has 0 radical (unpaired) electrons. The summed E-state index contributed by atoms with van der Waals surface area (Å²) in [6, 6.07) is 15.1. The number of amides is 2. The lowest BCUT2D eigenvalue weighted by Gasteiger charge is -2.08. The van der Waals surface area contributed by atoms with Crippen molar-refractivity contribution < 1.29 is 9.59 Å². The Morgan fingerprint density at radius 3 is 2.27 bits per heavy atom. The number of carbonyl (C=O) groups is 2. The van der Waals surface area contributed by atoms with Gasteiger partial charge in [0.2, 0.25) is 0 Å². The minimum Gasteiger partial charge on any atom is -0.267 e. The topological polar surface area (TPSA) is 71.1 Å². The van der Waals surface area contributed by atoms with Crippen LogP contribution in [0.5, 0.6) is 0 Å². The first-order chi connectivity index (χ1) is 12.5. The summed E-state index contributed by atoms with van der Waals surface area (Å²) in [5.74, 6) is -0.730. The second-order valence-electron chi connectivity index (χ2n) is 6.01. The van der Waals surface area contributed by atoms with Gasteiger partial charge in [0, 0.05) is 11.1 Å². The zero-order valence-corrected chi connectivity index (χ0v) is 15.6. The first-order valence-corrected chi connectivity index (χ1v) is 8.98. The third-order valence-corrected chi connectivity index (χ3v) is 5.29. The fourth-order valence-electron chi connectivity index (χ4n) is 2.44. The molecule has 0 aliphatic carbocycles. The highest BCUT2D eigenvalue weighted by molar-refractivity contribution is 7.17. The lowest BCUT2D eigenvalue weighted by atomic mass is 10.1. The maximum atomic E-state index is 12.4. The van der Waals surface area contributed by atoms with Crippen LogP contribution >= 0.6 is 11.3 Å². The van der Waals surface area contributed by atoms with Gasteiger partial charge in [0.15, 0.2) is 0 Å². The molecule has 0 spiro atoms. The molecule has 0 aliphatic heterocycles. The van der Waals surface area contributed by atoms with Gasteiger partial charge in [-0.3, -0.25) is 20.4 Å². The molecule has 0 saturated heterocycles. The summed E-state index contributed by atoms with van der Waals surface area (Å²) in [7, 11) is 0. The van der Waals surface area contributed by atoms with Crippen molar-refractivity contribution in [3.05, 3.63) is 75.8 Å². The van der Waals surface area contributed by atoms with E-state index >= 15 is 0 Å². The zero-order valence-electron chi connectivity index (χ0n) is 14.8. The Bertz CT molecular complexity index is 964. The van der Waals surface area contributed by atoms with Gasteiger partial charge >= 0.3 is 0 Å². The smallest absolute Gasteiger partial charge is 0.267 e. The Hall–Kier alpha value is -2.99. The average molecular weight is 365 g/mol. The zero-order chi connectivity index (χ0) is 18.7. The van der Waals surface area contributed by atoms with Crippen molar-refractivity contribution >= 4 is 23.2 Å². The molecule has 5 nitrogen and oxygen atoms in total. The van der Waals surface area contributed by atoms with E-state index in [1.165, 1.54) is 11.3 Å². The molecule has 0 unspecified atom stereocenters. The van der Waals surface area contributed by atoms with Crippen molar-refractivity contribution in [3.8, 4) is 10.6 Å². The van der Waals surface area contributed by atoms with Gasteiger partial charge in [-0.2, -0.15) is 0 Å². The Kier molecular flexibility index (Phi) is 5.14. The monoisotopic (exact) mass is 365 g/mol. The molecule has 132 valence electrons. The lowest BCUT2D eigenvalue weighted by Crippen LogP contribution is -2.41. The standard InChI is InChI=1S/C20H19N3O2S/c1-12-9-10-16(11-13(12)2)18(24)22-23-19(25)17-14(3)21-20(26-17)15-7-5-4-6-8-15/h4-11H,1-3H3,(H,22,24)(H,23,25). The minimum atomic E-state index is -0.376. The van der Waals surface area contributed by atoms with Crippen LogP contribution in [-0.2, 0) is 0 Å². The lowest BCUT2D eigenvalue weighted by molar-refractivity contribution is 0.0848. The van der Waals surface area contributed by atoms with E-state index < -0.39 is 0 Å². The first-order valence-electron chi connectivity index (χ1n) is 8.16. The Morgan fingerprint density at radius 1 is 0.885 bits per heavy atom. The maximum absolute atomic E-state index is 12.4. The molecule has 3 rings (SSSR count). The van der Waals surface area contributed by atoms with Gasteiger partial charge in [0.1, 0.15) is 9.88 Å².